The van der Waals surface area contributed by atoms with Crippen molar-refractivity contribution in [3.05, 3.63) is 48.7 Å². The minimum absolute atomic E-state index is 0.0316. The molecule has 2 aliphatic heterocycles. The first-order valence-electron chi connectivity index (χ1n) is 11.1. The number of para-hydroxylation sites is 1. The van der Waals surface area contributed by atoms with Crippen LogP contribution in [0.25, 0.3) is 0 Å². The van der Waals surface area contributed by atoms with Gasteiger partial charge in [-0.1, -0.05) is 18.2 Å². The molecule has 0 aliphatic carbocycles. The van der Waals surface area contributed by atoms with Crippen LogP contribution >= 0.6 is 0 Å². The van der Waals surface area contributed by atoms with Crippen molar-refractivity contribution in [2.75, 3.05) is 60.9 Å². The Kier molecular flexibility index (Phi) is 7.00. The van der Waals surface area contributed by atoms with E-state index in [1.54, 1.807) is 6.20 Å². The Morgan fingerprint density at radius 3 is 2.35 bits per heavy atom. The summed E-state index contributed by atoms with van der Waals surface area (Å²) in [6.07, 6.45) is 4.00. The summed E-state index contributed by atoms with van der Waals surface area (Å²) >= 11 is 0. The number of nitrogens with one attached hydrogen (secondary N) is 1. The van der Waals surface area contributed by atoms with Crippen molar-refractivity contribution in [3.63, 3.8) is 0 Å². The first-order chi connectivity index (χ1) is 15.2. The predicted octanol–water partition coefficient (Wildman–Crippen LogP) is 2.97. The van der Waals surface area contributed by atoms with Gasteiger partial charge in [0.05, 0.1) is 18.0 Å². The molecule has 7 nitrogen and oxygen atoms in total. The van der Waals surface area contributed by atoms with E-state index in [4.69, 9.17) is 5.26 Å². The van der Waals surface area contributed by atoms with E-state index >= 15 is 0 Å². The van der Waals surface area contributed by atoms with Crippen LogP contribution in [0, 0.1) is 17.2 Å². The van der Waals surface area contributed by atoms with E-state index in [1.165, 1.54) is 5.69 Å². The van der Waals surface area contributed by atoms with Crippen molar-refractivity contribution >= 4 is 23.1 Å². The maximum atomic E-state index is 12.6. The first-order valence-corrected chi connectivity index (χ1v) is 11.1. The van der Waals surface area contributed by atoms with Crippen LogP contribution in [0.2, 0.25) is 0 Å². The summed E-state index contributed by atoms with van der Waals surface area (Å²) in [4.78, 5) is 24.2. The van der Waals surface area contributed by atoms with Crippen LogP contribution in [-0.4, -0.2) is 61.6 Å². The lowest BCUT2D eigenvalue weighted by Crippen LogP contribution is -2.46. The van der Waals surface area contributed by atoms with Crippen molar-refractivity contribution in [1.82, 2.24) is 9.88 Å². The minimum Gasteiger partial charge on any atom is -0.368 e. The summed E-state index contributed by atoms with van der Waals surface area (Å²) in [7, 11) is 0. The molecule has 3 heterocycles. The number of hydrogen-bond acceptors (Lipinski definition) is 6. The Hall–Kier alpha value is -3.11. The fraction of sp³-hybridized carbons (Fsp3) is 0.458. The Labute approximate surface area is 184 Å². The van der Waals surface area contributed by atoms with Crippen molar-refractivity contribution in [3.8, 4) is 6.07 Å². The van der Waals surface area contributed by atoms with Crippen LogP contribution in [0.1, 0.15) is 19.3 Å². The fourth-order valence-corrected chi connectivity index (χ4v) is 4.35. The maximum absolute atomic E-state index is 12.6. The largest absolute Gasteiger partial charge is 0.368 e. The van der Waals surface area contributed by atoms with E-state index in [1.807, 2.05) is 18.2 Å². The van der Waals surface area contributed by atoms with Gasteiger partial charge in [0, 0.05) is 50.7 Å². The van der Waals surface area contributed by atoms with Crippen LogP contribution < -0.4 is 15.1 Å². The van der Waals surface area contributed by atoms with Crippen LogP contribution in [0.15, 0.2) is 48.7 Å². The Morgan fingerprint density at radius 1 is 1.00 bits per heavy atom. The van der Waals surface area contributed by atoms with Crippen LogP contribution in [0.3, 0.4) is 0 Å². The highest BCUT2D eigenvalue weighted by molar-refractivity contribution is 5.92. The molecule has 2 saturated heterocycles. The zero-order chi connectivity index (χ0) is 21.5. The summed E-state index contributed by atoms with van der Waals surface area (Å²) in [5.41, 5.74) is 2.02. The number of anilines is 3. The second-order valence-corrected chi connectivity index (χ2v) is 8.23. The molecule has 0 bridgehead atoms. The van der Waals surface area contributed by atoms with Crippen LogP contribution in [-0.2, 0) is 4.79 Å². The quantitative estimate of drug-likeness (QED) is 0.777. The minimum atomic E-state index is 0.0316. The molecule has 31 heavy (non-hydrogen) atoms. The molecule has 0 radical (unpaired) electrons. The lowest BCUT2D eigenvalue weighted by Gasteiger charge is -2.36. The number of nitriles is 1. The van der Waals surface area contributed by atoms with E-state index in [0.29, 0.717) is 6.42 Å². The highest BCUT2D eigenvalue weighted by atomic mass is 16.1. The molecule has 1 amide bonds. The SMILES string of the molecule is N#CCCN1CCC(C(=O)Nc2ccc(N3CCN(c4ccccc4)CC3)nc2)CC1. The number of piperidine rings is 1. The number of carbonyl (C=O) groups excluding carboxylic acids is 1. The predicted molar refractivity (Wildman–Crippen MR) is 123 cm³/mol. The maximum Gasteiger partial charge on any atom is 0.227 e. The van der Waals surface area contributed by atoms with Gasteiger partial charge in [0.1, 0.15) is 5.82 Å². The van der Waals surface area contributed by atoms with Crippen LogP contribution in [0.5, 0.6) is 0 Å². The molecule has 2 aromatic rings. The third-order valence-electron chi connectivity index (χ3n) is 6.24. The first kappa shape index (κ1) is 21.1. The number of carbonyl (C=O) groups is 1. The number of aromatic nitrogens is 1. The van der Waals surface area contributed by atoms with Gasteiger partial charge in [-0.05, 0) is 50.2 Å². The average Bonchev–Trinajstić information content (AvgIpc) is 2.84. The summed E-state index contributed by atoms with van der Waals surface area (Å²) < 4.78 is 0. The molecular weight excluding hydrogens is 388 g/mol. The van der Waals surface area contributed by atoms with Gasteiger partial charge in [0.15, 0.2) is 0 Å². The molecule has 2 aliphatic rings. The number of amides is 1. The Bertz CT molecular complexity index is 879. The monoisotopic (exact) mass is 418 g/mol. The molecule has 1 aromatic carbocycles. The molecule has 4 rings (SSSR count). The summed E-state index contributed by atoms with van der Waals surface area (Å²) in [6.45, 7) is 6.36. The number of piperazine rings is 1. The molecule has 1 N–H and O–H groups in total. The van der Waals surface area contributed by atoms with Gasteiger partial charge in [-0.25, -0.2) is 4.98 Å². The Morgan fingerprint density at radius 2 is 1.71 bits per heavy atom. The third-order valence-corrected chi connectivity index (χ3v) is 6.24. The van der Waals surface area contributed by atoms with Gasteiger partial charge in [-0.2, -0.15) is 5.26 Å². The molecule has 0 spiro atoms. The summed E-state index contributed by atoms with van der Waals surface area (Å²) in [5.74, 6) is 1.06. The van der Waals surface area contributed by atoms with E-state index in [9.17, 15) is 4.79 Å². The number of hydrogen-bond donors (Lipinski definition) is 1. The van der Waals surface area contributed by atoms with Gasteiger partial charge in [-0.15, -0.1) is 0 Å². The molecule has 1 aromatic heterocycles. The third kappa shape index (κ3) is 5.53. The lowest BCUT2D eigenvalue weighted by molar-refractivity contribution is -0.121. The molecule has 162 valence electrons. The summed E-state index contributed by atoms with van der Waals surface area (Å²) in [6, 6.07) is 16.6. The highest BCUT2D eigenvalue weighted by Gasteiger charge is 2.25. The Balaban J connectivity index is 1.24. The number of benzene rings is 1. The zero-order valence-electron chi connectivity index (χ0n) is 17.9. The zero-order valence-corrected chi connectivity index (χ0v) is 17.9. The van der Waals surface area contributed by atoms with Gasteiger partial charge in [0.2, 0.25) is 5.91 Å². The second-order valence-electron chi connectivity index (χ2n) is 8.23. The summed E-state index contributed by atoms with van der Waals surface area (Å²) in [5, 5.41) is 11.7. The molecular formula is C24H30N6O. The smallest absolute Gasteiger partial charge is 0.227 e. The van der Waals surface area contributed by atoms with Crippen molar-refractivity contribution < 1.29 is 4.79 Å². The average molecular weight is 419 g/mol. The molecule has 0 saturated carbocycles. The van der Waals surface area contributed by atoms with E-state index in [0.717, 1.165) is 70.2 Å². The lowest BCUT2D eigenvalue weighted by atomic mass is 9.95. The van der Waals surface area contributed by atoms with Gasteiger partial charge in [0.25, 0.3) is 0 Å². The molecule has 0 unspecified atom stereocenters. The van der Waals surface area contributed by atoms with Gasteiger partial charge < -0.3 is 20.0 Å². The van der Waals surface area contributed by atoms with Crippen molar-refractivity contribution in [1.29, 1.82) is 5.26 Å². The molecule has 7 heteroatoms. The standard InChI is InChI=1S/C24H30N6O/c25-11-4-12-28-13-9-20(10-14-28)24(31)27-21-7-8-23(26-19-21)30-17-15-29(16-18-30)22-5-2-1-3-6-22/h1-3,5-8,19-20H,4,9-10,12-18H2,(H,27,31). The van der Waals surface area contributed by atoms with Gasteiger partial charge in [-0.3, -0.25) is 4.79 Å². The number of likely N-dealkylation sites (tertiary alicyclic amines) is 1. The van der Waals surface area contributed by atoms with Crippen molar-refractivity contribution in [2.24, 2.45) is 5.92 Å². The molecule has 2 fully saturated rings. The van der Waals surface area contributed by atoms with Crippen LogP contribution in [0.4, 0.5) is 17.2 Å². The fourth-order valence-electron chi connectivity index (χ4n) is 4.35. The second kappa shape index (κ2) is 10.3. The normalized spacial score (nSPS) is 17.9. The highest BCUT2D eigenvalue weighted by Crippen LogP contribution is 2.22. The number of nitrogens with zero attached hydrogens (tertiary/aromatic N) is 5. The van der Waals surface area contributed by atoms with Gasteiger partial charge >= 0.3 is 0 Å². The molecule has 0 atom stereocenters. The topological polar surface area (TPSA) is 75.5 Å². The van der Waals surface area contributed by atoms with E-state index in [-0.39, 0.29) is 11.8 Å². The van der Waals surface area contributed by atoms with E-state index in [2.05, 4.69) is 55.3 Å². The number of rotatable bonds is 6. The van der Waals surface area contributed by atoms with E-state index < -0.39 is 0 Å². The number of pyridine rings is 1. The van der Waals surface area contributed by atoms with Crippen molar-refractivity contribution in [2.45, 2.75) is 19.3 Å².